The summed E-state index contributed by atoms with van der Waals surface area (Å²) in [6.45, 7) is 2.24. The molecule has 0 aliphatic carbocycles. The van der Waals surface area contributed by atoms with Crippen molar-refractivity contribution in [3.8, 4) is 0 Å². The average Bonchev–Trinajstić information content (AvgIpc) is 3.19. The monoisotopic (exact) mass is 651 g/mol. The van der Waals surface area contributed by atoms with Crippen molar-refractivity contribution in [1.82, 2.24) is 4.98 Å². The second-order valence-corrected chi connectivity index (χ2v) is 13.6. The molecule has 3 heteroatoms. The molecule has 0 N–H and O–H groups in total. The minimum atomic E-state index is 0.726. The van der Waals surface area contributed by atoms with Gasteiger partial charge in [0.2, 0.25) is 0 Å². The van der Waals surface area contributed by atoms with E-state index in [9.17, 15) is 0 Å². The highest BCUT2D eigenvalue weighted by atomic mass is 14.9. The highest BCUT2D eigenvalue weighted by Crippen LogP contribution is 2.38. The van der Waals surface area contributed by atoms with Crippen LogP contribution < -0.4 is 0 Å². The lowest BCUT2D eigenvalue weighted by atomic mass is 9.92. The van der Waals surface area contributed by atoms with Gasteiger partial charge in [0.25, 0.3) is 0 Å². The van der Waals surface area contributed by atoms with Crippen LogP contribution in [-0.4, -0.2) is 16.5 Å². The molecule has 240 valence electrons. The van der Waals surface area contributed by atoms with Crippen molar-refractivity contribution in [2.75, 3.05) is 0 Å². The Morgan fingerprint density at radius 3 is 1.82 bits per heavy atom. The molecule has 1 aromatic heterocycles. The zero-order chi connectivity index (χ0) is 33.9. The Bertz CT molecular complexity index is 2930. The number of rotatable bonds is 3. The minimum Gasteiger partial charge on any atom is -0.256 e. The van der Waals surface area contributed by atoms with Gasteiger partial charge in [-0.25, -0.2) is 9.98 Å². The first-order chi connectivity index (χ1) is 25.2. The van der Waals surface area contributed by atoms with E-state index in [4.69, 9.17) is 9.98 Å². The van der Waals surface area contributed by atoms with Crippen LogP contribution in [0.4, 0.5) is 0 Å². The Morgan fingerprint density at radius 1 is 0.431 bits per heavy atom. The summed E-state index contributed by atoms with van der Waals surface area (Å²) in [5, 5.41) is 13.5. The largest absolute Gasteiger partial charge is 0.256 e. The van der Waals surface area contributed by atoms with Crippen molar-refractivity contribution in [2.24, 2.45) is 9.98 Å². The van der Waals surface area contributed by atoms with Crippen molar-refractivity contribution < 1.29 is 0 Å². The van der Waals surface area contributed by atoms with Crippen molar-refractivity contribution in [1.29, 1.82) is 0 Å². The normalized spacial score (nSPS) is 17.4. The van der Waals surface area contributed by atoms with Gasteiger partial charge in [0, 0.05) is 22.7 Å². The third-order valence-electron chi connectivity index (χ3n) is 10.6. The van der Waals surface area contributed by atoms with Gasteiger partial charge < -0.3 is 0 Å². The molecule has 8 aromatic carbocycles. The summed E-state index contributed by atoms with van der Waals surface area (Å²) in [7, 11) is 0. The molecule has 9 aromatic rings. The van der Waals surface area contributed by atoms with Gasteiger partial charge in [0.1, 0.15) is 0 Å². The average molecular weight is 652 g/mol. The summed E-state index contributed by atoms with van der Waals surface area (Å²) in [6.07, 6.45) is 3.56. The number of fused-ring (bicyclic) bond motifs is 11. The molecule has 2 heterocycles. The van der Waals surface area contributed by atoms with Crippen LogP contribution in [-0.2, 0) is 0 Å². The van der Waals surface area contributed by atoms with Gasteiger partial charge >= 0.3 is 0 Å². The quantitative estimate of drug-likeness (QED) is 0.175. The van der Waals surface area contributed by atoms with Crippen LogP contribution in [0.1, 0.15) is 36.5 Å². The molecule has 3 nitrogen and oxygen atoms in total. The maximum Gasteiger partial charge on any atom is 0.160 e. The zero-order valence-electron chi connectivity index (χ0n) is 28.3. The fraction of sp³-hybridized carbons (Fsp3) is 0.0625. The van der Waals surface area contributed by atoms with Gasteiger partial charge in [-0.3, -0.25) is 4.98 Å². The van der Waals surface area contributed by atoms with Gasteiger partial charge in [-0.15, -0.1) is 0 Å². The summed E-state index contributed by atoms with van der Waals surface area (Å²) in [4.78, 5) is 15.6. The number of hydrogen-bond donors (Lipinski definition) is 0. The molecule has 0 unspecified atom stereocenters. The molecule has 0 amide bonds. The molecule has 0 fully saturated rings. The van der Waals surface area contributed by atoms with E-state index in [0.29, 0.717) is 0 Å². The van der Waals surface area contributed by atoms with Crippen LogP contribution in [0.5, 0.6) is 0 Å². The molecule has 10 rings (SSSR count). The van der Waals surface area contributed by atoms with E-state index in [1.165, 1.54) is 59.4 Å². The van der Waals surface area contributed by atoms with E-state index in [-0.39, 0.29) is 0 Å². The number of aliphatic imine (C=N–C) groups is 2. The predicted octanol–water partition coefficient (Wildman–Crippen LogP) is 12.5. The molecule has 0 bridgehead atoms. The Hall–Kier alpha value is -6.45. The van der Waals surface area contributed by atoms with Crippen LogP contribution in [0.3, 0.4) is 0 Å². The highest BCUT2D eigenvalue weighted by Gasteiger charge is 2.18. The van der Waals surface area contributed by atoms with Crippen molar-refractivity contribution >= 4 is 82.0 Å². The topological polar surface area (TPSA) is 37.6 Å². The maximum atomic E-state index is 5.53. The van der Waals surface area contributed by atoms with Crippen LogP contribution in [0, 0.1) is 0 Å². The Morgan fingerprint density at radius 2 is 1.04 bits per heavy atom. The molecule has 1 aliphatic heterocycles. The summed E-state index contributed by atoms with van der Waals surface area (Å²) >= 11 is 0. The molecular formula is C48H33N3. The van der Waals surface area contributed by atoms with Gasteiger partial charge in [0.05, 0.1) is 16.9 Å². The lowest BCUT2D eigenvalue weighted by Crippen LogP contribution is -2.10. The van der Waals surface area contributed by atoms with E-state index in [1.54, 1.807) is 0 Å². The lowest BCUT2D eigenvalue weighted by Gasteiger charge is -2.18. The minimum absolute atomic E-state index is 0.726. The van der Waals surface area contributed by atoms with Gasteiger partial charge in [-0.2, -0.15) is 0 Å². The number of pyridine rings is 1. The SMILES string of the molecule is C\C1=C(c2ccc3c4ccccc4c4ccccc4c3c2)/N=C(c2ccc3ccc4ccc5ncccc5c4c3c2)\N=C(\c2ccccc2)CC1. The molecule has 0 spiro atoms. The third kappa shape index (κ3) is 4.93. The first-order valence-corrected chi connectivity index (χ1v) is 17.7. The first kappa shape index (κ1) is 29.5. The van der Waals surface area contributed by atoms with Crippen molar-refractivity contribution in [3.63, 3.8) is 0 Å². The fourth-order valence-electron chi connectivity index (χ4n) is 8.01. The van der Waals surface area contributed by atoms with E-state index in [1.807, 2.05) is 12.3 Å². The lowest BCUT2D eigenvalue weighted by molar-refractivity contribution is 1.00. The summed E-state index contributed by atoms with van der Waals surface area (Å²) < 4.78 is 0. The highest BCUT2D eigenvalue weighted by molar-refractivity contribution is 6.26. The number of amidine groups is 1. The zero-order valence-corrected chi connectivity index (χ0v) is 28.3. The Balaban J connectivity index is 1.22. The summed E-state index contributed by atoms with van der Waals surface area (Å²) in [5.41, 5.74) is 7.53. The third-order valence-corrected chi connectivity index (χ3v) is 10.6. The van der Waals surface area contributed by atoms with Gasteiger partial charge in [-0.05, 0) is 109 Å². The number of hydrogen-bond acceptors (Lipinski definition) is 3. The predicted molar refractivity (Wildman–Crippen MR) is 217 cm³/mol. The Kier molecular flexibility index (Phi) is 6.85. The molecule has 1 aliphatic rings. The molecule has 0 atom stereocenters. The van der Waals surface area contributed by atoms with Crippen molar-refractivity contribution in [3.05, 3.63) is 180 Å². The molecule has 0 saturated carbocycles. The maximum absolute atomic E-state index is 5.53. The molecule has 51 heavy (non-hydrogen) atoms. The van der Waals surface area contributed by atoms with Crippen LogP contribution >= 0.6 is 0 Å². The molecule has 0 radical (unpaired) electrons. The Labute approximate surface area is 296 Å². The first-order valence-electron chi connectivity index (χ1n) is 17.7. The number of aromatic nitrogens is 1. The number of benzene rings is 8. The van der Waals surface area contributed by atoms with Gasteiger partial charge in [0.15, 0.2) is 5.84 Å². The van der Waals surface area contributed by atoms with Gasteiger partial charge in [-0.1, -0.05) is 127 Å². The van der Waals surface area contributed by atoms with Crippen LogP contribution in [0.2, 0.25) is 0 Å². The van der Waals surface area contributed by atoms with E-state index >= 15 is 0 Å². The number of allylic oxidation sites excluding steroid dienone is 1. The van der Waals surface area contributed by atoms with E-state index in [0.717, 1.165) is 57.7 Å². The van der Waals surface area contributed by atoms with E-state index in [2.05, 4.69) is 158 Å². The second-order valence-electron chi connectivity index (χ2n) is 13.6. The smallest absolute Gasteiger partial charge is 0.160 e. The molecule has 0 saturated heterocycles. The summed E-state index contributed by atoms with van der Waals surface area (Å²) in [5.74, 6) is 0.726. The van der Waals surface area contributed by atoms with Crippen LogP contribution in [0.15, 0.2) is 173 Å². The second kappa shape index (κ2) is 11.9. The van der Waals surface area contributed by atoms with Crippen molar-refractivity contribution in [2.45, 2.75) is 19.8 Å². The standard InChI is InChI=1S/C48H33N3/c1-30-17-25-44(32-10-3-2-4-11-32)50-48(35-21-19-31-18-20-33-23-26-45-41(16-9-27-49-45)46(33)42(31)29-35)51-47(30)34-22-24-40-38-14-6-5-12-36(38)37-13-7-8-15-39(37)43(40)28-34/h2-16,18-24,26-29H,17,25H2,1H3/b47-30+,50-44+,51-48-. The van der Waals surface area contributed by atoms with E-state index < -0.39 is 0 Å². The summed E-state index contributed by atoms with van der Waals surface area (Å²) in [6, 6.07) is 54.5. The molecular weight excluding hydrogens is 619 g/mol. The fourth-order valence-corrected chi connectivity index (χ4v) is 8.01. The number of nitrogens with zero attached hydrogens (tertiary/aromatic N) is 3. The van der Waals surface area contributed by atoms with Crippen LogP contribution in [0.25, 0.3) is 70.5 Å².